The van der Waals surface area contributed by atoms with E-state index in [1.165, 1.54) is 11.3 Å². The first kappa shape index (κ1) is 11.3. The molecule has 2 unspecified atom stereocenters. The molecule has 1 aliphatic heterocycles. The van der Waals surface area contributed by atoms with Gasteiger partial charge in [-0.3, -0.25) is 4.79 Å². The second-order valence-corrected chi connectivity index (χ2v) is 5.27. The molecule has 0 amide bonds. The van der Waals surface area contributed by atoms with E-state index in [9.17, 15) is 4.79 Å². The number of ketones is 1. The second kappa shape index (κ2) is 4.74. The highest BCUT2D eigenvalue weighted by atomic mass is 79.9. The average molecular weight is 290 g/mol. The zero-order chi connectivity index (χ0) is 10.8. The summed E-state index contributed by atoms with van der Waals surface area (Å²) >= 11 is 4.86. The van der Waals surface area contributed by atoms with Crippen molar-refractivity contribution in [1.29, 1.82) is 0 Å². The van der Waals surface area contributed by atoms with Gasteiger partial charge in [-0.2, -0.15) is 0 Å². The molecule has 1 aromatic rings. The van der Waals surface area contributed by atoms with E-state index in [1.54, 1.807) is 0 Å². The van der Waals surface area contributed by atoms with Crippen LogP contribution in [0.4, 0.5) is 0 Å². The van der Waals surface area contributed by atoms with Gasteiger partial charge in [0.2, 0.25) is 0 Å². The first-order valence-electron chi connectivity index (χ1n) is 4.76. The van der Waals surface area contributed by atoms with Crippen LogP contribution in [0.3, 0.4) is 0 Å². The molecule has 3 nitrogen and oxygen atoms in total. The van der Waals surface area contributed by atoms with E-state index in [0.717, 1.165) is 9.35 Å². The first-order valence-corrected chi connectivity index (χ1v) is 6.43. The maximum Gasteiger partial charge on any atom is 0.180 e. The van der Waals surface area contributed by atoms with Gasteiger partial charge in [0.25, 0.3) is 0 Å². The van der Waals surface area contributed by atoms with E-state index in [-0.39, 0.29) is 17.7 Å². The van der Waals surface area contributed by atoms with Crippen LogP contribution in [0.2, 0.25) is 0 Å². The Kier molecular flexibility index (Phi) is 3.56. The third-order valence-electron chi connectivity index (χ3n) is 2.63. The molecule has 15 heavy (non-hydrogen) atoms. The van der Waals surface area contributed by atoms with Crippen LogP contribution < -0.4 is 5.32 Å². The molecule has 2 atom stereocenters. The van der Waals surface area contributed by atoms with Crippen LogP contribution in [0, 0.1) is 5.92 Å². The zero-order valence-corrected chi connectivity index (χ0v) is 10.7. The van der Waals surface area contributed by atoms with E-state index in [4.69, 9.17) is 4.74 Å². The molecule has 0 aliphatic carbocycles. The summed E-state index contributed by atoms with van der Waals surface area (Å²) in [4.78, 5) is 13.0. The monoisotopic (exact) mass is 289 g/mol. The highest BCUT2D eigenvalue weighted by Gasteiger charge is 2.34. The van der Waals surface area contributed by atoms with Crippen molar-refractivity contribution in [2.24, 2.45) is 5.92 Å². The van der Waals surface area contributed by atoms with Crippen molar-refractivity contribution in [1.82, 2.24) is 5.32 Å². The standard InChI is InChI=1S/C10H12BrNO2S/c1-12-8-5-14-4-6(8)9(13)10-7(11)2-3-15-10/h2-3,6,8,12H,4-5H2,1H3. The quantitative estimate of drug-likeness (QED) is 0.864. The Balaban J connectivity index is 2.18. The molecule has 1 aliphatic rings. The number of ether oxygens (including phenoxy) is 1. The van der Waals surface area contributed by atoms with Gasteiger partial charge in [0.05, 0.1) is 24.0 Å². The van der Waals surface area contributed by atoms with Gasteiger partial charge in [0.15, 0.2) is 5.78 Å². The number of likely N-dealkylation sites (N-methyl/N-ethyl adjacent to an activating group) is 1. The molecular weight excluding hydrogens is 278 g/mol. The van der Waals surface area contributed by atoms with Gasteiger partial charge in [0, 0.05) is 10.5 Å². The van der Waals surface area contributed by atoms with Crippen molar-refractivity contribution in [2.45, 2.75) is 6.04 Å². The fourth-order valence-electron chi connectivity index (χ4n) is 1.74. The Bertz CT molecular complexity index is 366. The lowest BCUT2D eigenvalue weighted by atomic mass is 9.98. The van der Waals surface area contributed by atoms with Crippen molar-refractivity contribution in [3.8, 4) is 0 Å². The number of nitrogens with one attached hydrogen (secondary N) is 1. The molecular formula is C10H12BrNO2S. The third kappa shape index (κ3) is 2.15. The minimum absolute atomic E-state index is 0.0510. The molecule has 0 spiro atoms. The van der Waals surface area contributed by atoms with Crippen LogP contribution in [0.5, 0.6) is 0 Å². The highest BCUT2D eigenvalue weighted by molar-refractivity contribution is 9.10. The lowest BCUT2D eigenvalue weighted by Crippen LogP contribution is -2.36. The average Bonchev–Trinajstić information content (AvgIpc) is 2.84. The maximum atomic E-state index is 12.2. The van der Waals surface area contributed by atoms with Crippen molar-refractivity contribution in [2.75, 3.05) is 20.3 Å². The van der Waals surface area contributed by atoms with Crippen molar-refractivity contribution < 1.29 is 9.53 Å². The Labute approximate surface area is 101 Å². The van der Waals surface area contributed by atoms with Gasteiger partial charge in [-0.25, -0.2) is 0 Å². The molecule has 2 heterocycles. The SMILES string of the molecule is CNC1COCC1C(=O)c1sccc1Br. The molecule has 1 N–H and O–H groups in total. The molecule has 0 radical (unpaired) electrons. The molecule has 1 fully saturated rings. The fraction of sp³-hybridized carbons (Fsp3) is 0.500. The van der Waals surface area contributed by atoms with E-state index in [2.05, 4.69) is 21.2 Å². The number of halogens is 1. The number of hydrogen-bond acceptors (Lipinski definition) is 4. The summed E-state index contributed by atoms with van der Waals surface area (Å²) in [7, 11) is 1.86. The summed E-state index contributed by atoms with van der Waals surface area (Å²) in [6, 6.07) is 2.05. The summed E-state index contributed by atoms with van der Waals surface area (Å²) in [5, 5.41) is 5.04. The predicted molar refractivity (Wildman–Crippen MR) is 63.5 cm³/mol. The van der Waals surface area contributed by atoms with Crippen molar-refractivity contribution in [3.05, 3.63) is 20.8 Å². The van der Waals surface area contributed by atoms with E-state index < -0.39 is 0 Å². The number of rotatable bonds is 3. The van der Waals surface area contributed by atoms with Crippen LogP contribution in [0.15, 0.2) is 15.9 Å². The van der Waals surface area contributed by atoms with Crippen molar-refractivity contribution >= 4 is 33.0 Å². The summed E-state index contributed by atoms with van der Waals surface area (Å²) in [5.74, 6) is 0.124. The Morgan fingerprint density at radius 3 is 3.07 bits per heavy atom. The van der Waals surface area contributed by atoms with Gasteiger partial charge in [0.1, 0.15) is 0 Å². The Morgan fingerprint density at radius 2 is 2.47 bits per heavy atom. The summed E-state index contributed by atoms with van der Waals surface area (Å²) in [6.45, 7) is 1.14. The zero-order valence-electron chi connectivity index (χ0n) is 8.33. The normalized spacial score (nSPS) is 25.7. The maximum absolute atomic E-state index is 12.2. The lowest BCUT2D eigenvalue weighted by molar-refractivity contribution is 0.0896. The third-order valence-corrected chi connectivity index (χ3v) is 4.48. The minimum atomic E-state index is -0.0510. The minimum Gasteiger partial charge on any atom is -0.379 e. The van der Waals surface area contributed by atoms with Gasteiger partial charge in [-0.1, -0.05) is 0 Å². The molecule has 0 saturated carbocycles. The van der Waals surface area contributed by atoms with Crippen LogP contribution in [-0.2, 0) is 4.74 Å². The molecule has 0 bridgehead atoms. The fourth-order valence-corrected chi connectivity index (χ4v) is 3.31. The van der Waals surface area contributed by atoms with E-state index in [0.29, 0.717) is 13.2 Å². The topological polar surface area (TPSA) is 38.3 Å². The van der Waals surface area contributed by atoms with E-state index in [1.807, 2.05) is 18.5 Å². The molecule has 1 aromatic heterocycles. The molecule has 5 heteroatoms. The van der Waals surface area contributed by atoms with Crippen LogP contribution in [0.25, 0.3) is 0 Å². The number of Topliss-reactive ketones (excluding diaryl/α,β-unsaturated/α-hetero) is 1. The largest absolute Gasteiger partial charge is 0.379 e. The second-order valence-electron chi connectivity index (χ2n) is 3.50. The number of hydrogen-bond donors (Lipinski definition) is 1. The first-order chi connectivity index (χ1) is 7.24. The van der Waals surface area contributed by atoms with E-state index >= 15 is 0 Å². The summed E-state index contributed by atoms with van der Waals surface area (Å²) in [5.41, 5.74) is 0. The van der Waals surface area contributed by atoms with Gasteiger partial charge < -0.3 is 10.1 Å². The van der Waals surface area contributed by atoms with Gasteiger partial charge in [-0.15, -0.1) is 11.3 Å². The summed E-state index contributed by atoms with van der Waals surface area (Å²) < 4.78 is 6.21. The molecule has 1 saturated heterocycles. The molecule has 2 rings (SSSR count). The number of carbonyl (C=O) groups excluding carboxylic acids is 1. The highest BCUT2D eigenvalue weighted by Crippen LogP contribution is 2.28. The smallest absolute Gasteiger partial charge is 0.180 e. The summed E-state index contributed by atoms with van der Waals surface area (Å²) in [6.07, 6.45) is 0. The van der Waals surface area contributed by atoms with Crippen molar-refractivity contribution in [3.63, 3.8) is 0 Å². The van der Waals surface area contributed by atoms with Gasteiger partial charge >= 0.3 is 0 Å². The predicted octanol–water partition coefficient (Wildman–Crippen LogP) is 1.93. The molecule has 0 aromatic carbocycles. The van der Waals surface area contributed by atoms with Crippen LogP contribution in [-0.4, -0.2) is 32.1 Å². The number of carbonyl (C=O) groups is 1. The number of thiophene rings is 1. The van der Waals surface area contributed by atoms with Gasteiger partial charge in [-0.05, 0) is 34.4 Å². The van der Waals surface area contributed by atoms with Crippen LogP contribution >= 0.6 is 27.3 Å². The lowest BCUT2D eigenvalue weighted by Gasteiger charge is -2.14. The van der Waals surface area contributed by atoms with Crippen LogP contribution in [0.1, 0.15) is 9.67 Å². The Morgan fingerprint density at radius 1 is 1.67 bits per heavy atom. The molecule has 82 valence electrons. The Hall–Kier alpha value is -0.230.